The van der Waals surface area contributed by atoms with Gasteiger partial charge in [0.05, 0.1) is 15.6 Å². The number of Topliss-reactive ketones (excluding diaryl/α,β-unsaturated/α-hetero) is 1. The lowest BCUT2D eigenvalue weighted by Crippen LogP contribution is -2.26. The van der Waals surface area contributed by atoms with Crippen LogP contribution in [0.2, 0.25) is 0 Å². The molecule has 0 saturated heterocycles. The third kappa shape index (κ3) is 2.24. The summed E-state index contributed by atoms with van der Waals surface area (Å²) in [5.74, 6) is 0.759. The van der Waals surface area contributed by atoms with Crippen LogP contribution in [0.1, 0.15) is 57.7 Å². The number of thiazole rings is 1. The van der Waals surface area contributed by atoms with Gasteiger partial charge in [-0.2, -0.15) is 0 Å². The number of rotatable bonds is 1. The molecule has 3 heteroatoms. The molecule has 108 valence electrons. The number of benzene rings is 1. The van der Waals surface area contributed by atoms with E-state index >= 15 is 0 Å². The molecule has 0 radical (unpaired) electrons. The van der Waals surface area contributed by atoms with Crippen LogP contribution in [0.3, 0.4) is 0 Å². The SMILES string of the molecule is CC1(C)CC(=O)c2sc(C3Cc4ccccc4C3)nc2C1. The van der Waals surface area contributed by atoms with Crippen LogP contribution in [0.25, 0.3) is 0 Å². The lowest BCUT2D eigenvalue weighted by molar-refractivity contribution is 0.0916. The van der Waals surface area contributed by atoms with E-state index in [0.717, 1.165) is 29.8 Å². The van der Waals surface area contributed by atoms with Crippen LogP contribution in [0, 0.1) is 5.41 Å². The molecule has 0 spiro atoms. The van der Waals surface area contributed by atoms with Gasteiger partial charge in [0.1, 0.15) is 0 Å². The molecule has 2 nitrogen and oxygen atoms in total. The van der Waals surface area contributed by atoms with Gasteiger partial charge in [0.15, 0.2) is 5.78 Å². The van der Waals surface area contributed by atoms with Gasteiger partial charge in [-0.05, 0) is 35.8 Å². The minimum Gasteiger partial charge on any atom is -0.293 e. The maximum Gasteiger partial charge on any atom is 0.175 e. The highest BCUT2D eigenvalue weighted by Crippen LogP contribution is 2.41. The first-order chi connectivity index (χ1) is 10.0. The summed E-state index contributed by atoms with van der Waals surface area (Å²) in [5, 5.41) is 1.17. The molecule has 1 heterocycles. The van der Waals surface area contributed by atoms with Crippen molar-refractivity contribution in [1.82, 2.24) is 4.98 Å². The van der Waals surface area contributed by atoms with Gasteiger partial charge in [0.2, 0.25) is 0 Å². The number of nitrogens with zero attached hydrogens (tertiary/aromatic N) is 1. The second kappa shape index (κ2) is 4.51. The van der Waals surface area contributed by atoms with Gasteiger partial charge in [0.25, 0.3) is 0 Å². The predicted molar refractivity (Wildman–Crippen MR) is 85.1 cm³/mol. The van der Waals surface area contributed by atoms with Crippen LogP contribution in [-0.2, 0) is 19.3 Å². The Morgan fingerprint density at radius 1 is 1.14 bits per heavy atom. The van der Waals surface area contributed by atoms with Gasteiger partial charge in [0, 0.05) is 12.3 Å². The van der Waals surface area contributed by atoms with E-state index in [1.165, 1.54) is 16.1 Å². The van der Waals surface area contributed by atoms with Crippen LogP contribution < -0.4 is 0 Å². The highest BCUT2D eigenvalue weighted by molar-refractivity contribution is 7.14. The summed E-state index contributed by atoms with van der Waals surface area (Å²) in [5.41, 5.74) is 4.01. The van der Waals surface area contributed by atoms with E-state index < -0.39 is 0 Å². The molecule has 0 N–H and O–H groups in total. The van der Waals surface area contributed by atoms with E-state index in [-0.39, 0.29) is 5.41 Å². The molecule has 2 aliphatic carbocycles. The van der Waals surface area contributed by atoms with Crippen molar-refractivity contribution in [2.45, 2.75) is 45.4 Å². The Labute approximate surface area is 129 Å². The lowest BCUT2D eigenvalue weighted by atomic mass is 9.78. The average Bonchev–Trinajstić information content (AvgIpc) is 2.99. The van der Waals surface area contributed by atoms with Gasteiger partial charge >= 0.3 is 0 Å². The minimum atomic E-state index is 0.0636. The fraction of sp³-hybridized carbons (Fsp3) is 0.444. The number of fused-ring (bicyclic) bond motifs is 2. The Morgan fingerprint density at radius 3 is 2.48 bits per heavy atom. The van der Waals surface area contributed by atoms with Crippen molar-refractivity contribution in [2.24, 2.45) is 5.41 Å². The zero-order chi connectivity index (χ0) is 14.6. The van der Waals surface area contributed by atoms with Crippen molar-refractivity contribution in [3.63, 3.8) is 0 Å². The largest absolute Gasteiger partial charge is 0.293 e. The van der Waals surface area contributed by atoms with E-state index in [1.54, 1.807) is 11.3 Å². The number of aromatic nitrogens is 1. The molecular weight excluding hydrogens is 278 g/mol. The summed E-state index contributed by atoms with van der Waals surface area (Å²) < 4.78 is 0. The first-order valence-corrected chi connectivity index (χ1v) is 8.43. The third-order valence-electron chi connectivity index (χ3n) is 4.65. The molecule has 0 bridgehead atoms. The Kier molecular flexibility index (Phi) is 2.83. The summed E-state index contributed by atoms with van der Waals surface area (Å²) in [7, 11) is 0. The normalized spacial score (nSPS) is 20.4. The van der Waals surface area contributed by atoms with Gasteiger partial charge in [-0.3, -0.25) is 4.79 Å². The molecular formula is C18H19NOS. The molecule has 4 rings (SSSR count). The number of carbonyl (C=O) groups excluding carboxylic acids is 1. The molecule has 2 aliphatic rings. The smallest absolute Gasteiger partial charge is 0.175 e. The van der Waals surface area contributed by atoms with Crippen LogP contribution >= 0.6 is 11.3 Å². The number of hydrogen-bond acceptors (Lipinski definition) is 3. The zero-order valence-corrected chi connectivity index (χ0v) is 13.3. The fourth-order valence-electron chi connectivity index (χ4n) is 3.65. The van der Waals surface area contributed by atoms with Crippen LogP contribution in [-0.4, -0.2) is 10.8 Å². The van der Waals surface area contributed by atoms with Crippen LogP contribution in [0.15, 0.2) is 24.3 Å². The molecule has 0 aliphatic heterocycles. The number of ketones is 1. The zero-order valence-electron chi connectivity index (χ0n) is 12.5. The first kappa shape index (κ1) is 13.2. The van der Waals surface area contributed by atoms with E-state index in [9.17, 15) is 4.79 Å². The molecule has 2 aromatic rings. The van der Waals surface area contributed by atoms with Gasteiger partial charge in [-0.15, -0.1) is 11.3 Å². The molecule has 1 aromatic carbocycles. The van der Waals surface area contributed by atoms with Crippen molar-refractivity contribution in [2.75, 3.05) is 0 Å². The molecule has 0 fully saturated rings. The van der Waals surface area contributed by atoms with E-state index in [2.05, 4.69) is 38.1 Å². The monoisotopic (exact) mass is 297 g/mol. The summed E-state index contributed by atoms with van der Waals surface area (Å²) >= 11 is 1.65. The average molecular weight is 297 g/mol. The molecule has 0 unspecified atom stereocenters. The van der Waals surface area contributed by atoms with Crippen LogP contribution in [0.5, 0.6) is 0 Å². The van der Waals surface area contributed by atoms with Crippen LogP contribution in [0.4, 0.5) is 0 Å². The van der Waals surface area contributed by atoms with Crippen molar-refractivity contribution >= 4 is 17.1 Å². The third-order valence-corrected chi connectivity index (χ3v) is 5.95. The Balaban J connectivity index is 1.66. The Bertz CT molecular complexity index is 704. The summed E-state index contributed by atoms with van der Waals surface area (Å²) in [6.07, 6.45) is 3.73. The standard InChI is InChI=1S/C18H19NOS/c1-18(2)9-14-16(15(20)10-18)21-17(19-14)13-7-11-5-3-4-6-12(11)8-13/h3-6,13H,7-10H2,1-2H3. The van der Waals surface area contributed by atoms with E-state index in [0.29, 0.717) is 18.1 Å². The molecule has 0 amide bonds. The highest BCUT2D eigenvalue weighted by Gasteiger charge is 2.35. The number of hydrogen-bond donors (Lipinski definition) is 0. The lowest BCUT2D eigenvalue weighted by Gasteiger charge is -2.26. The summed E-state index contributed by atoms with van der Waals surface area (Å²) in [6, 6.07) is 8.66. The topological polar surface area (TPSA) is 30.0 Å². The predicted octanol–water partition coefficient (Wildman–Crippen LogP) is 4.18. The Hall–Kier alpha value is -1.48. The maximum atomic E-state index is 12.3. The fourth-order valence-corrected chi connectivity index (χ4v) is 4.77. The Morgan fingerprint density at radius 2 is 1.81 bits per heavy atom. The molecule has 21 heavy (non-hydrogen) atoms. The van der Waals surface area contributed by atoms with Crippen molar-refractivity contribution in [3.8, 4) is 0 Å². The van der Waals surface area contributed by atoms with Crippen molar-refractivity contribution < 1.29 is 4.79 Å². The van der Waals surface area contributed by atoms with Gasteiger partial charge < -0.3 is 0 Å². The second-order valence-electron chi connectivity index (χ2n) is 7.14. The number of carbonyl (C=O) groups is 1. The van der Waals surface area contributed by atoms with Gasteiger partial charge in [-0.1, -0.05) is 38.1 Å². The summed E-state index contributed by atoms with van der Waals surface area (Å²) in [4.78, 5) is 18.1. The second-order valence-corrected chi connectivity index (χ2v) is 8.17. The quantitative estimate of drug-likeness (QED) is 0.790. The van der Waals surface area contributed by atoms with E-state index in [4.69, 9.17) is 4.98 Å². The molecule has 1 aromatic heterocycles. The highest BCUT2D eigenvalue weighted by atomic mass is 32.1. The molecule has 0 saturated carbocycles. The maximum absolute atomic E-state index is 12.3. The molecule has 0 atom stereocenters. The first-order valence-electron chi connectivity index (χ1n) is 7.61. The van der Waals surface area contributed by atoms with Crippen molar-refractivity contribution in [3.05, 3.63) is 51.0 Å². The van der Waals surface area contributed by atoms with Crippen molar-refractivity contribution in [1.29, 1.82) is 0 Å². The van der Waals surface area contributed by atoms with E-state index in [1.807, 2.05) is 0 Å². The summed E-state index contributed by atoms with van der Waals surface area (Å²) in [6.45, 7) is 4.33. The van der Waals surface area contributed by atoms with Gasteiger partial charge in [-0.25, -0.2) is 4.98 Å². The minimum absolute atomic E-state index is 0.0636.